The van der Waals surface area contributed by atoms with Crippen LogP contribution in [0.25, 0.3) is 10.4 Å². The molecular formula is C12H8OS. The molecule has 3 rings (SSSR count). The second-order valence-electron chi connectivity index (χ2n) is 3.50. The Balaban J connectivity index is 2.42. The highest BCUT2D eigenvalue weighted by molar-refractivity contribution is 7.14. The Morgan fingerprint density at radius 1 is 1.14 bits per heavy atom. The first kappa shape index (κ1) is 7.94. The summed E-state index contributed by atoms with van der Waals surface area (Å²) in [6.45, 7) is 2.00. The summed E-state index contributed by atoms with van der Waals surface area (Å²) in [4.78, 5) is 13.1. The molecule has 1 aromatic heterocycles. The fourth-order valence-electron chi connectivity index (χ4n) is 1.94. The van der Waals surface area contributed by atoms with Crippen molar-refractivity contribution < 1.29 is 4.79 Å². The molecular weight excluding hydrogens is 192 g/mol. The summed E-state index contributed by atoms with van der Waals surface area (Å²) in [5.41, 5.74) is 3.98. The lowest BCUT2D eigenvalue weighted by Gasteiger charge is -1.94. The number of hydrogen-bond acceptors (Lipinski definition) is 2. The zero-order valence-corrected chi connectivity index (χ0v) is 8.52. The molecule has 68 valence electrons. The number of carbonyl (C=O) groups excluding carboxylic acids is 1. The predicted molar refractivity (Wildman–Crippen MR) is 57.9 cm³/mol. The summed E-state index contributed by atoms with van der Waals surface area (Å²) in [7, 11) is 0. The highest BCUT2D eigenvalue weighted by Gasteiger charge is 2.28. The van der Waals surface area contributed by atoms with Crippen LogP contribution in [-0.2, 0) is 0 Å². The average Bonchev–Trinajstić information content (AvgIpc) is 2.70. The predicted octanol–water partition coefficient (Wildman–Crippen LogP) is 3.27. The Hall–Kier alpha value is -1.41. The van der Waals surface area contributed by atoms with E-state index in [-0.39, 0.29) is 5.78 Å². The zero-order chi connectivity index (χ0) is 9.71. The largest absolute Gasteiger partial charge is 0.289 e. The van der Waals surface area contributed by atoms with Crippen molar-refractivity contribution >= 4 is 17.1 Å². The first-order valence-electron chi connectivity index (χ1n) is 4.51. The van der Waals surface area contributed by atoms with E-state index in [9.17, 15) is 4.79 Å². The van der Waals surface area contributed by atoms with Gasteiger partial charge in [-0.3, -0.25) is 4.79 Å². The Labute approximate surface area is 86.0 Å². The molecule has 0 N–H and O–H groups in total. The van der Waals surface area contributed by atoms with Gasteiger partial charge in [-0.05, 0) is 17.9 Å². The van der Waals surface area contributed by atoms with Crippen LogP contribution in [0.3, 0.4) is 0 Å². The van der Waals surface area contributed by atoms with Crippen molar-refractivity contribution in [3.63, 3.8) is 0 Å². The molecule has 0 atom stereocenters. The normalized spacial score (nSPS) is 12.8. The van der Waals surface area contributed by atoms with Gasteiger partial charge < -0.3 is 0 Å². The van der Waals surface area contributed by atoms with E-state index in [2.05, 4.69) is 5.38 Å². The molecule has 0 saturated carbocycles. The molecule has 2 heteroatoms. The number of carbonyl (C=O) groups is 1. The van der Waals surface area contributed by atoms with Crippen LogP contribution in [0.5, 0.6) is 0 Å². The Morgan fingerprint density at radius 2 is 1.86 bits per heavy atom. The van der Waals surface area contributed by atoms with E-state index < -0.39 is 0 Å². The smallest absolute Gasteiger partial charge is 0.195 e. The summed E-state index contributed by atoms with van der Waals surface area (Å²) >= 11 is 1.66. The van der Waals surface area contributed by atoms with Crippen LogP contribution < -0.4 is 0 Å². The molecule has 14 heavy (non-hydrogen) atoms. The van der Waals surface area contributed by atoms with Crippen molar-refractivity contribution in [2.75, 3.05) is 0 Å². The summed E-state index contributed by atoms with van der Waals surface area (Å²) in [5.74, 6) is 0.189. The fraction of sp³-hybridized carbons (Fsp3) is 0.0833. The Bertz CT molecular complexity index is 537. The maximum absolute atomic E-state index is 12.0. The van der Waals surface area contributed by atoms with E-state index in [1.165, 1.54) is 0 Å². The van der Waals surface area contributed by atoms with Gasteiger partial charge in [-0.15, -0.1) is 11.3 Å². The van der Waals surface area contributed by atoms with E-state index in [0.29, 0.717) is 0 Å². The number of ketones is 1. The molecule has 0 aliphatic heterocycles. The van der Waals surface area contributed by atoms with Gasteiger partial charge in [0.2, 0.25) is 0 Å². The van der Waals surface area contributed by atoms with Gasteiger partial charge in [0.15, 0.2) is 5.78 Å². The minimum Gasteiger partial charge on any atom is -0.289 e. The van der Waals surface area contributed by atoms with E-state index in [1.54, 1.807) is 11.3 Å². The molecule has 1 aromatic carbocycles. The molecule has 0 radical (unpaired) electrons. The number of rotatable bonds is 0. The van der Waals surface area contributed by atoms with Crippen molar-refractivity contribution in [1.29, 1.82) is 0 Å². The first-order valence-corrected chi connectivity index (χ1v) is 5.39. The minimum absolute atomic E-state index is 0.189. The van der Waals surface area contributed by atoms with Gasteiger partial charge in [-0.25, -0.2) is 0 Å². The lowest BCUT2D eigenvalue weighted by Crippen LogP contribution is -1.95. The number of benzene rings is 1. The number of fused-ring (bicyclic) bond motifs is 3. The summed E-state index contributed by atoms with van der Waals surface area (Å²) < 4.78 is 0. The van der Waals surface area contributed by atoms with Crippen LogP contribution in [0.15, 0.2) is 29.6 Å². The number of thiophene rings is 1. The highest BCUT2D eigenvalue weighted by atomic mass is 32.1. The van der Waals surface area contributed by atoms with E-state index in [4.69, 9.17) is 0 Å². The van der Waals surface area contributed by atoms with Crippen LogP contribution >= 0.6 is 11.3 Å². The van der Waals surface area contributed by atoms with Crippen LogP contribution in [0, 0.1) is 6.92 Å². The summed E-state index contributed by atoms with van der Waals surface area (Å²) in [6, 6.07) is 7.83. The van der Waals surface area contributed by atoms with Gasteiger partial charge in [-0.2, -0.15) is 0 Å². The van der Waals surface area contributed by atoms with Gasteiger partial charge >= 0.3 is 0 Å². The van der Waals surface area contributed by atoms with E-state index >= 15 is 0 Å². The van der Waals surface area contributed by atoms with Gasteiger partial charge in [0, 0.05) is 21.6 Å². The summed E-state index contributed by atoms with van der Waals surface area (Å²) in [5, 5.41) is 2.05. The zero-order valence-electron chi connectivity index (χ0n) is 7.70. The molecule has 0 amide bonds. The molecule has 2 aromatic rings. The summed E-state index contributed by atoms with van der Waals surface area (Å²) in [6.07, 6.45) is 0. The maximum Gasteiger partial charge on any atom is 0.195 e. The van der Waals surface area contributed by atoms with Crippen LogP contribution in [0.4, 0.5) is 0 Å². The monoisotopic (exact) mass is 200 g/mol. The number of aryl methyl sites for hydroxylation is 1. The standard InChI is InChI=1S/C12H8OS/c1-7-6-14-12-9-5-3-2-4-8(9)11(13)10(7)12/h2-6H,1H3. The van der Waals surface area contributed by atoms with Crippen molar-refractivity contribution in [1.82, 2.24) is 0 Å². The fourth-order valence-corrected chi connectivity index (χ4v) is 3.03. The second-order valence-corrected chi connectivity index (χ2v) is 4.38. The average molecular weight is 200 g/mol. The molecule has 1 aliphatic rings. The molecule has 1 nitrogen and oxygen atoms in total. The van der Waals surface area contributed by atoms with E-state index in [0.717, 1.165) is 27.1 Å². The highest BCUT2D eigenvalue weighted by Crippen LogP contribution is 2.41. The topological polar surface area (TPSA) is 17.1 Å². The molecule has 0 saturated heterocycles. The first-order chi connectivity index (χ1) is 6.79. The van der Waals surface area contributed by atoms with Crippen molar-refractivity contribution in [3.05, 3.63) is 46.3 Å². The van der Waals surface area contributed by atoms with Gasteiger partial charge in [-0.1, -0.05) is 24.3 Å². The molecule has 0 spiro atoms. The SMILES string of the molecule is Cc1csc2c1C(=O)c1ccccc1-2. The van der Waals surface area contributed by atoms with Crippen molar-refractivity contribution in [3.8, 4) is 10.4 Å². The lowest BCUT2D eigenvalue weighted by molar-refractivity contribution is 0.104. The lowest BCUT2D eigenvalue weighted by atomic mass is 10.1. The van der Waals surface area contributed by atoms with Crippen molar-refractivity contribution in [2.45, 2.75) is 6.92 Å². The third-order valence-electron chi connectivity index (χ3n) is 2.62. The number of hydrogen-bond donors (Lipinski definition) is 0. The van der Waals surface area contributed by atoms with E-state index in [1.807, 2.05) is 31.2 Å². The second kappa shape index (κ2) is 2.55. The van der Waals surface area contributed by atoms with Crippen LogP contribution in [-0.4, -0.2) is 5.78 Å². The molecule has 0 bridgehead atoms. The van der Waals surface area contributed by atoms with Crippen molar-refractivity contribution in [2.24, 2.45) is 0 Å². The van der Waals surface area contributed by atoms with Crippen LogP contribution in [0.2, 0.25) is 0 Å². The van der Waals surface area contributed by atoms with Gasteiger partial charge in [0.05, 0.1) is 0 Å². The van der Waals surface area contributed by atoms with Gasteiger partial charge in [0.1, 0.15) is 0 Å². The molecule has 1 heterocycles. The minimum atomic E-state index is 0.189. The Morgan fingerprint density at radius 3 is 2.64 bits per heavy atom. The maximum atomic E-state index is 12.0. The quantitative estimate of drug-likeness (QED) is 0.544. The molecule has 0 fully saturated rings. The molecule has 0 unspecified atom stereocenters. The Kier molecular flexibility index (Phi) is 1.45. The van der Waals surface area contributed by atoms with Gasteiger partial charge in [0.25, 0.3) is 0 Å². The third-order valence-corrected chi connectivity index (χ3v) is 3.75. The third kappa shape index (κ3) is 0.814. The molecule has 1 aliphatic carbocycles. The van der Waals surface area contributed by atoms with Crippen LogP contribution in [0.1, 0.15) is 21.5 Å².